The largest absolute Gasteiger partial charge is 0.395 e. The number of rotatable bonds is 1. The molecule has 1 aromatic heterocycles. The number of Topliss-reactive ketones (excluding diaryl/α,β-unsaturated/α-hetero) is 1. The van der Waals surface area contributed by atoms with Gasteiger partial charge in [0.1, 0.15) is 5.15 Å². The van der Waals surface area contributed by atoms with Crippen LogP contribution in [0.2, 0.25) is 10.3 Å². The van der Waals surface area contributed by atoms with Crippen LogP contribution >= 0.6 is 23.2 Å². The van der Waals surface area contributed by atoms with E-state index >= 15 is 0 Å². The Morgan fingerprint density at radius 3 is 2.62 bits per heavy atom. The van der Waals surface area contributed by atoms with Crippen molar-refractivity contribution in [2.75, 3.05) is 17.2 Å². The fraction of sp³-hybridized carbons (Fsp3) is 0.222. The van der Waals surface area contributed by atoms with Gasteiger partial charge in [-0.3, -0.25) is 9.59 Å². The first-order valence-corrected chi connectivity index (χ1v) is 5.18. The highest BCUT2D eigenvalue weighted by Crippen LogP contribution is 2.33. The summed E-state index contributed by atoms with van der Waals surface area (Å²) >= 11 is 11.4. The molecule has 16 heavy (non-hydrogen) atoms. The SMILES string of the molecule is Nc1c(N2CC(=O)CC2=O)cc(Cl)nc1Cl. The third-order valence-electron chi connectivity index (χ3n) is 2.23. The smallest absolute Gasteiger partial charge is 0.234 e. The van der Waals surface area contributed by atoms with Crippen LogP contribution in [0.3, 0.4) is 0 Å². The highest BCUT2D eigenvalue weighted by Gasteiger charge is 2.30. The van der Waals surface area contributed by atoms with Gasteiger partial charge in [-0.1, -0.05) is 23.2 Å². The van der Waals surface area contributed by atoms with E-state index in [0.29, 0.717) is 5.69 Å². The van der Waals surface area contributed by atoms with Crippen LogP contribution in [0.5, 0.6) is 0 Å². The van der Waals surface area contributed by atoms with E-state index < -0.39 is 0 Å². The van der Waals surface area contributed by atoms with Gasteiger partial charge < -0.3 is 10.6 Å². The van der Waals surface area contributed by atoms with Crippen molar-refractivity contribution in [2.45, 2.75) is 6.42 Å². The van der Waals surface area contributed by atoms with Crippen molar-refractivity contribution in [1.82, 2.24) is 4.98 Å². The highest BCUT2D eigenvalue weighted by atomic mass is 35.5. The van der Waals surface area contributed by atoms with E-state index in [-0.39, 0.29) is 40.6 Å². The Kier molecular flexibility index (Phi) is 2.73. The number of nitrogens with two attached hydrogens (primary N) is 1. The van der Waals surface area contributed by atoms with Gasteiger partial charge in [0, 0.05) is 6.07 Å². The number of nitrogens with zero attached hydrogens (tertiary/aromatic N) is 2. The number of aromatic nitrogens is 1. The topological polar surface area (TPSA) is 76.3 Å². The van der Waals surface area contributed by atoms with E-state index in [9.17, 15) is 9.59 Å². The van der Waals surface area contributed by atoms with Gasteiger partial charge in [0.2, 0.25) is 5.91 Å². The molecule has 1 fully saturated rings. The van der Waals surface area contributed by atoms with E-state index in [1.165, 1.54) is 11.0 Å². The van der Waals surface area contributed by atoms with Gasteiger partial charge in [-0.2, -0.15) is 0 Å². The molecule has 84 valence electrons. The molecule has 0 bridgehead atoms. The molecule has 0 radical (unpaired) electrons. The standard InChI is InChI=1S/C9H7Cl2N3O2/c10-6-2-5(8(12)9(11)13-6)14-3-4(15)1-7(14)16/h2H,1,3,12H2. The van der Waals surface area contributed by atoms with Crippen molar-refractivity contribution in [3.63, 3.8) is 0 Å². The Bertz CT molecular complexity index is 490. The third-order valence-corrected chi connectivity index (χ3v) is 2.72. The quantitative estimate of drug-likeness (QED) is 0.609. The predicted octanol–water partition coefficient (Wildman–Crippen LogP) is 1.28. The normalized spacial score (nSPS) is 16.0. The van der Waals surface area contributed by atoms with E-state index in [4.69, 9.17) is 28.9 Å². The Labute approximate surface area is 101 Å². The number of pyridine rings is 1. The average molecular weight is 260 g/mol. The molecule has 1 saturated heterocycles. The lowest BCUT2D eigenvalue weighted by Gasteiger charge is -2.17. The van der Waals surface area contributed by atoms with Gasteiger partial charge in [-0.15, -0.1) is 0 Å². The van der Waals surface area contributed by atoms with E-state index in [2.05, 4.69) is 4.98 Å². The molecule has 1 aromatic rings. The van der Waals surface area contributed by atoms with Crippen LogP contribution in [0.25, 0.3) is 0 Å². The number of nitrogen functional groups attached to an aromatic ring is 1. The van der Waals surface area contributed by atoms with E-state index in [0.717, 1.165) is 0 Å². The summed E-state index contributed by atoms with van der Waals surface area (Å²) in [5.41, 5.74) is 6.16. The van der Waals surface area contributed by atoms with Crippen molar-refractivity contribution >= 4 is 46.3 Å². The van der Waals surface area contributed by atoms with E-state index in [1.807, 2.05) is 0 Å². The van der Waals surface area contributed by atoms with Gasteiger partial charge in [-0.25, -0.2) is 4.98 Å². The molecule has 1 aliphatic rings. The highest BCUT2D eigenvalue weighted by molar-refractivity contribution is 6.35. The molecule has 0 atom stereocenters. The zero-order chi connectivity index (χ0) is 11.9. The maximum absolute atomic E-state index is 11.5. The molecule has 1 amide bonds. The number of ketones is 1. The van der Waals surface area contributed by atoms with Crippen LogP contribution in [-0.4, -0.2) is 23.2 Å². The molecule has 0 aromatic carbocycles. The van der Waals surface area contributed by atoms with Crippen molar-refractivity contribution < 1.29 is 9.59 Å². The molecule has 0 spiro atoms. The number of halogens is 2. The maximum Gasteiger partial charge on any atom is 0.234 e. The lowest BCUT2D eigenvalue weighted by Crippen LogP contribution is -2.25. The first-order valence-electron chi connectivity index (χ1n) is 4.42. The number of hydrogen-bond donors (Lipinski definition) is 1. The van der Waals surface area contributed by atoms with Gasteiger partial charge >= 0.3 is 0 Å². The van der Waals surface area contributed by atoms with Crippen LogP contribution in [0.15, 0.2) is 6.07 Å². The molecule has 7 heteroatoms. The number of amides is 1. The Hall–Kier alpha value is -1.33. The molecular weight excluding hydrogens is 253 g/mol. The zero-order valence-electron chi connectivity index (χ0n) is 8.04. The Morgan fingerprint density at radius 1 is 1.38 bits per heavy atom. The van der Waals surface area contributed by atoms with Gasteiger partial charge in [-0.05, 0) is 0 Å². The lowest BCUT2D eigenvalue weighted by atomic mass is 10.3. The molecule has 0 unspecified atom stereocenters. The number of hydrogen-bond acceptors (Lipinski definition) is 4. The second kappa shape index (κ2) is 3.92. The Morgan fingerprint density at radius 2 is 2.06 bits per heavy atom. The fourth-order valence-corrected chi connectivity index (χ4v) is 1.93. The molecule has 5 nitrogen and oxygen atoms in total. The summed E-state index contributed by atoms with van der Waals surface area (Å²) in [5.74, 6) is -0.469. The van der Waals surface area contributed by atoms with Crippen molar-refractivity contribution in [2.24, 2.45) is 0 Å². The number of carbonyl (C=O) groups excluding carboxylic acids is 2. The van der Waals surface area contributed by atoms with Crippen LogP contribution in [0.1, 0.15) is 6.42 Å². The van der Waals surface area contributed by atoms with Gasteiger partial charge in [0.05, 0.1) is 24.3 Å². The minimum atomic E-state index is -0.310. The van der Waals surface area contributed by atoms with Crippen LogP contribution in [0.4, 0.5) is 11.4 Å². The summed E-state index contributed by atoms with van der Waals surface area (Å²) in [6.07, 6.45) is -0.114. The molecule has 1 aliphatic heterocycles. The fourth-order valence-electron chi connectivity index (χ4n) is 1.51. The minimum Gasteiger partial charge on any atom is -0.395 e. The van der Waals surface area contributed by atoms with Crippen molar-refractivity contribution in [3.05, 3.63) is 16.4 Å². The summed E-state index contributed by atoms with van der Waals surface area (Å²) in [7, 11) is 0. The molecular formula is C9H7Cl2N3O2. The van der Waals surface area contributed by atoms with Crippen LogP contribution in [0, 0.1) is 0 Å². The third kappa shape index (κ3) is 1.83. The summed E-state index contributed by atoms with van der Waals surface area (Å²) < 4.78 is 0. The lowest BCUT2D eigenvalue weighted by molar-refractivity contribution is -0.121. The molecule has 0 saturated carbocycles. The van der Waals surface area contributed by atoms with Crippen LogP contribution in [-0.2, 0) is 9.59 Å². The number of carbonyl (C=O) groups is 2. The molecule has 2 heterocycles. The van der Waals surface area contributed by atoms with Gasteiger partial charge in [0.25, 0.3) is 0 Å². The zero-order valence-corrected chi connectivity index (χ0v) is 9.55. The summed E-state index contributed by atoms with van der Waals surface area (Å²) in [4.78, 5) is 27.6. The minimum absolute atomic E-state index is 0.000293. The summed E-state index contributed by atoms with van der Waals surface area (Å²) in [6.45, 7) is -0.000293. The summed E-state index contributed by atoms with van der Waals surface area (Å²) in [6, 6.07) is 1.42. The molecule has 0 aliphatic carbocycles. The number of anilines is 2. The molecule has 2 N–H and O–H groups in total. The van der Waals surface area contributed by atoms with Crippen molar-refractivity contribution in [3.8, 4) is 0 Å². The van der Waals surface area contributed by atoms with Crippen LogP contribution < -0.4 is 10.6 Å². The first-order chi connectivity index (χ1) is 7.49. The second-order valence-electron chi connectivity index (χ2n) is 3.36. The predicted molar refractivity (Wildman–Crippen MR) is 60.6 cm³/mol. The Balaban J connectivity index is 2.48. The summed E-state index contributed by atoms with van der Waals surface area (Å²) in [5, 5.41) is 0.149. The first kappa shape index (κ1) is 11.2. The second-order valence-corrected chi connectivity index (χ2v) is 4.11. The van der Waals surface area contributed by atoms with E-state index in [1.54, 1.807) is 0 Å². The van der Waals surface area contributed by atoms with Gasteiger partial charge in [0.15, 0.2) is 10.9 Å². The molecule has 2 rings (SSSR count). The van der Waals surface area contributed by atoms with Crippen molar-refractivity contribution in [1.29, 1.82) is 0 Å². The average Bonchev–Trinajstić information content (AvgIpc) is 2.51. The monoisotopic (exact) mass is 259 g/mol. The maximum atomic E-state index is 11.5.